The zero-order chi connectivity index (χ0) is 14.0. The van der Waals surface area contributed by atoms with E-state index in [2.05, 4.69) is 33.5 Å². The lowest BCUT2D eigenvalue weighted by Gasteiger charge is -2.13. The lowest BCUT2D eigenvalue weighted by atomic mass is 10.1. The largest absolute Gasteiger partial charge is 0.396 e. The summed E-state index contributed by atoms with van der Waals surface area (Å²) in [6.07, 6.45) is 0.750. The van der Waals surface area contributed by atoms with Crippen LogP contribution in [0, 0.1) is 0 Å². The van der Waals surface area contributed by atoms with Crippen molar-refractivity contribution in [1.29, 1.82) is 0 Å². The molecule has 0 spiro atoms. The second kappa shape index (κ2) is 6.26. The van der Waals surface area contributed by atoms with Crippen LogP contribution < -0.4 is 10.6 Å². The van der Waals surface area contributed by atoms with Gasteiger partial charge in [-0.15, -0.1) is 11.8 Å². The first-order chi connectivity index (χ1) is 9.06. The SMILES string of the molecule is CNC1C(=O)Nc2cc(SC(C)CCO)c(Br)cc21. The molecule has 3 N–H and O–H groups in total. The molecule has 6 heteroatoms. The smallest absolute Gasteiger partial charge is 0.246 e. The molecule has 0 bridgehead atoms. The van der Waals surface area contributed by atoms with Crippen LogP contribution in [0.25, 0.3) is 0 Å². The van der Waals surface area contributed by atoms with Gasteiger partial charge in [-0.05, 0) is 41.5 Å². The molecule has 2 rings (SSSR count). The molecule has 0 aliphatic carbocycles. The molecule has 0 aromatic heterocycles. The predicted octanol–water partition coefficient (Wildman–Crippen LogP) is 2.52. The average molecular weight is 345 g/mol. The van der Waals surface area contributed by atoms with Gasteiger partial charge >= 0.3 is 0 Å². The molecule has 0 saturated heterocycles. The van der Waals surface area contributed by atoms with Gasteiger partial charge in [-0.3, -0.25) is 4.79 Å². The Morgan fingerprint density at radius 1 is 1.58 bits per heavy atom. The predicted molar refractivity (Wildman–Crippen MR) is 81.6 cm³/mol. The van der Waals surface area contributed by atoms with E-state index in [4.69, 9.17) is 5.11 Å². The second-order valence-electron chi connectivity index (χ2n) is 4.52. The first-order valence-electron chi connectivity index (χ1n) is 6.16. The van der Waals surface area contributed by atoms with Crippen molar-refractivity contribution in [2.75, 3.05) is 19.0 Å². The standard InChI is InChI=1S/C13H17BrN2O2S/c1-7(3-4-17)19-11-6-10-8(5-9(11)14)12(15-2)13(18)16-10/h5-7,12,15,17H,3-4H2,1-2H3,(H,16,18). The van der Waals surface area contributed by atoms with Crippen LogP contribution in [0.5, 0.6) is 0 Å². The van der Waals surface area contributed by atoms with E-state index in [1.165, 1.54) is 0 Å². The van der Waals surface area contributed by atoms with Crippen LogP contribution in [-0.4, -0.2) is 29.9 Å². The van der Waals surface area contributed by atoms with Gasteiger partial charge in [0, 0.05) is 32.5 Å². The van der Waals surface area contributed by atoms with Gasteiger partial charge in [0.25, 0.3) is 0 Å². The number of hydrogen-bond acceptors (Lipinski definition) is 4. The number of likely N-dealkylation sites (N-methyl/N-ethyl adjacent to an activating group) is 1. The van der Waals surface area contributed by atoms with Gasteiger partial charge in [-0.1, -0.05) is 6.92 Å². The van der Waals surface area contributed by atoms with Crippen molar-refractivity contribution in [1.82, 2.24) is 5.32 Å². The van der Waals surface area contributed by atoms with Crippen molar-refractivity contribution in [3.8, 4) is 0 Å². The molecular weight excluding hydrogens is 328 g/mol. The molecule has 1 aliphatic rings. The van der Waals surface area contributed by atoms with Crippen molar-refractivity contribution in [2.45, 2.75) is 29.5 Å². The maximum absolute atomic E-state index is 11.8. The van der Waals surface area contributed by atoms with E-state index in [1.54, 1.807) is 18.8 Å². The first-order valence-corrected chi connectivity index (χ1v) is 7.83. The Morgan fingerprint density at radius 3 is 2.95 bits per heavy atom. The second-order valence-corrected chi connectivity index (χ2v) is 6.86. The number of thioether (sulfide) groups is 1. The number of hydrogen-bond donors (Lipinski definition) is 3. The lowest BCUT2D eigenvalue weighted by Crippen LogP contribution is -2.23. The molecule has 2 unspecified atom stereocenters. The van der Waals surface area contributed by atoms with Crippen LogP contribution in [-0.2, 0) is 4.79 Å². The molecule has 2 atom stereocenters. The number of carbonyl (C=O) groups is 1. The minimum absolute atomic E-state index is 0.0186. The van der Waals surface area contributed by atoms with Crippen LogP contribution in [0.1, 0.15) is 24.9 Å². The lowest BCUT2D eigenvalue weighted by molar-refractivity contribution is -0.117. The Kier molecular flexibility index (Phi) is 4.89. The maximum atomic E-state index is 11.8. The summed E-state index contributed by atoms with van der Waals surface area (Å²) in [7, 11) is 1.78. The maximum Gasteiger partial charge on any atom is 0.246 e. The van der Waals surface area contributed by atoms with E-state index in [1.807, 2.05) is 12.1 Å². The highest BCUT2D eigenvalue weighted by molar-refractivity contribution is 9.10. The monoisotopic (exact) mass is 344 g/mol. The number of amides is 1. The van der Waals surface area contributed by atoms with Gasteiger partial charge in [0.15, 0.2) is 0 Å². The quantitative estimate of drug-likeness (QED) is 0.718. The van der Waals surface area contributed by atoms with Crippen molar-refractivity contribution < 1.29 is 9.90 Å². The number of aliphatic hydroxyl groups is 1. The number of aliphatic hydroxyl groups excluding tert-OH is 1. The topological polar surface area (TPSA) is 61.4 Å². The van der Waals surface area contributed by atoms with E-state index in [9.17, 15) is 4.79 Å². The van der Waals surface area contributed by atoms with E-state index in [-0.39, 0.29) is 18.6 Å². The van der Waals surface area contributed by atoms with Gasteiger partial charge in [-0.25, -0.2) is 0 Å². The fourth-order valence-electron chi connectivity index (χ4n) is 2.10. The van der Waals surface area contributed by atoms with Crippen LogP contribution in [0.15, 0.2) is 21.5 Å². The summed E-state index contributed by atoms with van der Waals surface area (Å²) in [5.74, 6) is -0.0186. The zero-order valence-corrected chi connectivity index (χ0v) is 13.3. The number of anilines is 1. The van der Waals surface area contributed by atoms with Gasteiger partial charge in [0.1, 0.15) is 6.04 Å². The number of benzene rings is 1. The molecule has 19 heavy (non-hydrogen) atoms. The van der Waals surface area contributed by atoms with Crippen LogP contribution in [0.3, 0.4) is 0 Å². The highest BCUT2D eigenvalue weighted by Gasteiger charge is 2.30. The number of rotatable bonds is 5. The van der Waals surface area contributed by atoms with Crippen molar-refractivity contribution in [3.63, 3.8) is 0 Å². The van der Waals surface area contributed by atoms with Crippen molar-refractivity contribution in [3.05, 3.63) is 22.2 Å². The summed E-state index contributed by atoms with van der Waals surface area (Å²) < 4.78 is 0.984. The van der Waals surface area contributed by atoms with Gasteiger partial charge in [-0.2, -0.15) is 0 Å². The molecule has 1 amide bonds. The first kappa shape index (κ1) is 14.8. The summed E-state index contributed by atoms with van der Waals surface area (Å²) in [4.78, 5) is 12.9. The molecule has 104 valence electrons. The summed E-state index contributed by atoms with van der Waals surface area (Å²) in [5, 5.41) is 15.2. The Labute approximate surface area is 125 Å². The minimum Gasteiger partial charge on any atom is -0.396 e. The highest BCUT2D eigenvalue weighted by Crippen LogP contribution is 2.40. The number of carbonyl (C=O) groups excluding carboxylic acids is 1. The third-order valence-corrected chi connectivity index (χ3v) is 5.24. The molecule has 1 aromatic carbocycles. The Morgan fingerprint density at radius 2 is 2.32 bits per heavy atom. The highest BCUT2D eigenvalue weighted by atomic mass is 79.9. The molecule has 4 nitrogen and oxygen atoms in total. The Bertz CT molecular complexity index is 496. The fraction of sp³-hybridized carbons (Fsp3) is 0.462. The fourth-order valence-corrected chi connectivity index (χ4v) is 3.75. The number of halogens is 1. The van der Waals surface area contributed by atoms with Crippen LogP contribution in [0.2, 0.25) is 0 Å². The third-order valence-electron chi connectivity index (χ3n) is 3.09. The van der Waals surface area contributed by atoms with E-state index >= 15 is 0 Å². The molecule has 0 radical (unpaired) electrons. The molecule has 1 aromatic rings. The van der Waals surface area contributed by atoms with Gasteiger partial charge in [0.05, 0.1) is 0 Å². The van der Waals surface area contributed by atoms with Crippen molar-refractivity contribution >= 4 is 39.3 Å². The number of fused-ring (bicyclic) bond motifs is 1. The summed E-state index contributed by atoms with van der Waals surface area (Å²) in [6, 6.07) is 3.70. The van der Waals surface area contributed by atoms with Crippen LogP contribution in [0.4, 0.5) is 5.69 Å². The summed E-state index contributed by atoms with van der Waals surface area (Å²) >= 11 is 5.25. The van der Waals surface area contributed by atoms with Crippen LogP contribution >= 0.6 is 27.7 Å². The summed E-state index contributed by atoms with van der Waals surface area (Å²) in [5.41, 5.74) is 1.84. The molecule has 1 heterocycles. The molecule has 0 fully saturated rings. The Balaban J connectivity index is 2.26. The Hall–Kier alpha value is -0.560. The normalized spacial score (nSPS) is 19.2. The van der Waals surface area contributed by atoms with E-state index < -0.39 is 0 Å². The van der Waals surface area contributed by atoms with Gasteiger partial charge < -0.3 is 15.7 Å². The zero-order valence-electron chi connectivity index (χ0n) is 10.9. The third kappa shape index (κ3) is 3.13. The molecular formula is C13H17BrN2O2S. The summed E-state index contributed by atoms with van der Waals surface area (Å²) in [6.45, 7) is 2.27. The van der Waals surface area contributed by atoms with E-state index in [0.717, 1.165) is 27.0 Å². The van der Waals surface area contributed by atoms with Crippen molar-refractivity contribution in [2.24, 2.45) is 0 Å². The average Bonchev–Trinajstić information content (AvgIpc) is 2.64. The van der Waals surface area contributed by atoms with E-state index in [0.29, 0.717) is 5.25 Å². The minimum atomic E-state index is -0.278. The molecule has 0 saturated carbocycles. The molecule has 1 aliphatic heterocycles. The number of nitrogens with one attached hydrogen (secondary N) is 2. The van der Waals surface area contributed by atoms with Gasteiger partial charge in [0.2, 0.25) is 5.91 Å².